The standard InChI is InChI=1S/C56H63N3O13/c1-6-27-69-56-51(58(33-37-15-21-49-50(28-37)68-35-67-49)52(63)24-16-36-13-17-40(18-14-36)59(64)65)32-46(57-72-55(2,3)4)44-30-38(11-7-9-25-60)43(12-8-10-26-61)53(54(44)56)45-31-42(20-23-48(45)71-56)70-41-19-22-47(66-5)39(29-41)34-62/h6,13-24,28-31,34,38,43,51,53-54,60-61H,1,7-12,25-27,32-33,35H2,2-5H3/t38-,43+,51-,53+,54+,56+/m0/s1. The SMILES string of the molecule is C=CCO[C@@]12Oc3ccc(Oc4ccc(OC)c(C=O)c4)cc3[C@H]3[C@H](CCCCO)[C@@H](CCCCO)C=C(C(=NOC(C)(C)C)C[C@@H]1N(Cc1ccc4c(c1)OCO4)C(=O)C=Cc1ccc([N+](=O)[O-])cc1)[C@H]32. The number of allylic oxidation sites excluding steroid dienone is 1. The minimum Gasteiger partial charge on any atom is -0.496 e. The lowest BCUT2D eigenvalue weighted by molar-refractivity contribution is -0.384. The molecule has 0 bridgehead atoms. The van der Waals surface area contributed by atoms with Gasteiger partial charge in [0.1, 0.15) is 34.6 Å². The van der Waals surface area contributed by atoms with Crippen molar-refractivity contribution in [3.05, 3.63) is 142 Å². The van der Waals surface area contributed by atoms with Crippen molar-refractivity contribution < 1.29 is 58.0 Å². The van der Waals surface area contributed by atoms with Crippen LogP contribution in [0.5, 0.6) is 34.5 Å². The first-order valence-corrected chi connectivity index (χ1v) is 24.5. The van der Waals surface area contributed by atoms with Crippen LogP contribution in [-0.2, 0) is 20.9 Å². The molecule has 2 heterocycles. The number of hydrogen-bond donors (Lipinski definition) is 2. The number of nitro benzene ring substituents is 1. The molecule has 2 aliphatic carbocycles. The van der Waals surface area contributed by atoms with Crippen molar-refractivity contribution in [2.24, 2.45) is 22.9 Å². The lowest BCUT2D eigenvalue weighted by atomic mass is 9.55. The Labute approximate surface area is 419 Å². The molecular formula is C56H63N3O13. The quantitative estimate of drug-likeness (QED) is 0.0189. The van der Waals surface area contributed by atoms with Crippen LogP contribution in [0, 0.1) is 27.9 Å². The first-order chi connectivity index (χ1) is 34.8. The van der Waals surface area contributed by atoms with E-state index in [1.54, 1.807) is 53.5 Å². The monoisotopic (exact) mass is 985 g/mol. The summed E-state index contributed by atoms with van der Waals surface area (Å²) in [5, 5.41) is 36.6. The van der Waals surface area contributed by atoms with Crippen LogP contribution in [-0.4, -0.2) is 89.1 Å². The molecule has 1 fully saturated rings. The summed E-state index contributed by atoms with van der Waals surface area (Å²) in [6, 6.07) is 21.3. The molecule has 72 heavy (non-hydrogen) atoms. The fourth-order valence-electron chi connectivity index (χ4n) is 10.5. The average molecular weight is 986 g/mol. The number of aldehydes is 1. The van der Waals surface area contributed by atoms with E-state index in [9.17, 15) is 25.1 Å². The van der Waals surface area contributed by atoms with Crippen molar-refractivity contribution in [1.29, 1.82) is 0 Å². The number of aliphatic hydroxyl groups is 2. The molecule has 4 aromatic rings. The maximum atomic E-state index is 15.3. The number of non-ortho nitro benzene ring substituents is 1. The number of methoxy groups -OCH3 is 1. The molecule has 0 aromatic heterocycles. The second-order valence-corrected chi connectivity index (χ2v) is 19.4. The van der Waals surface area contributed by atoms with E-state index in [2.05, 4.69) is 12.7 Å². The van der Waals surface area contributed by atoms with E-state index >= 15 is 4.79 Å². The first-order valence-electron chi connectivity index (χ1n) is 24.5. The van der Waals surface area contributed by atoms with Gasteiger partial charge >= 0.3 is 0 Å². The zero-order valence-electron chi connectivity index (χ0n) is 41.2. The van der Waals surface area contributed by atoms with Gasteiger partial charge in [-0.1, -0.05) is 36.2 Å². The molecule has 6 atom stereocenters. The largest absolute Gasteiger partial charge is 0.496 e. The summed E-state index contributed by atoms with van der Waals surface area (Å²) in [4.78, 5) is 46.5. The number of nitro groups is 1. The number of rotatable bonds is 22. The highest BCUT2D eigenvalue weighted by molar-refractivity contribution is 6.03. The van der Waals surface area contributed by atoms with Gasteiger partial charge < -0.3 is 48.4 Å². The van der Waals surface area contributed by atoms with E-state index < -0.39 is 34.2 Å². The maximum Gasteiger partial charge on any atom is 0.269 e. The molecule has 8 rings (SSSR count). The first kappa shape index (κ1) is 51.3. The van der Waals surface area contributed by atoms with Crippen molar-refractivity contribution in [2.75, 3.05) is 33.7 Å². The molecule has 16 heteroatoms. The molecule has 0 saturated heterocycles. The summed E-state index contributed by atoms with van der Waals surface area (Å²) < 4.78 is 38.0. The van der Waals surface area contributed by atoms with Crippen LogP contribution in [0.1, 0.15) is 98.7 Å². The summed E-state index contributed by atoms with van der Waals surface area (Å²) in [6.45, 7) is 10.1. The van der Waals surface area contributed by atoms with Crippen molar-refractivity contribution in [2.45, 2.75) is 95.6 Å². The number of unbranched alkanes of at least 4 members (excludes halogenated alkanes) is 2. The normalized spacial score (nSPS) is 22.3. The number of hydrogen-bond acceptors (Lipinski definition) is 14. The number of nitrogens with zero attached hydrogens (tertiary/aromatic N) is 3. The molecule has 0 spiro atoms. The zero-order valence-corrected chi connectivity index (χ0v) is 41.2. The van der Waals surface area contributed by atoms with Gasteiger partial charge in [0.05, 0.1) is 35.8 Å². The summed E-state index contributed by atoms with van der Waals surface area (Å²) in [7, 11) is 1.50. The lowest BCUT2D eigenvalue weighted by Crippen LogP contribution is -2.70. The van der Waals surface area contributed by atoms with Gasteiger partial charge in [0.2, 0.25) is 18.5 Å². The summed E-state index contributed by atoms with van der Waals surface area (Å²) in [5.41, 5.74) is 3.19. The molecular weight excluding hydrogens is 923 g/mol. The molecule has 4 aromatic carbocycles. The Bertz CT molecular complexity index is 2710. The van der Waals surface area contributed by atoms with Gasteiger partial charge in [-0.3, -0.25) is 19.7 Å². The number of fused-ring (bicyclic) bond motifs is 3. The van der Waals surface area contributed by atoms with Gasteiger partial charge in [0.25, 0.3) is 5.69 Å². The Morgan fingerprint density at radius 3 is 2.38 bits per heavy atom. The summed E-state index contributed by atoms with van der Waals surface area (Å²) in [6.07, 6.45) is 12.0. The number of aliphatic hydroxyl groups excluding tert-OH is 2. The maximum absolute atomic E-state index is 15.3. The fourth-order valence-corrected chi connectivity index (χ4v) is 10.5. The highest BCUT2D eigenvalue weighted by Crippen LogP contribution is 2.62. The van der Waals surface area contributed by atoms with Crippen LogP contribution in [0.2, 0.25) is 0 Å². The highest BCUT2D eigenvalue weighted by atomic mass is 16.7. The number of benzene rings is 4. The smallest absolute Gasteiger partial charge is 0.269 e. The van der Waals surface area contributed by atoms with Crippen molar-refractivity contribution in [3.63, 3.8) is 0 Å². The molecule has 2 N–H and O–H groups in total. The van der Waals surface area contributed by atoms with Gasteiger partial charge in [0.15, 0.2) is 17.8 Å². The van der Waals surface area contributed by atoms with E-state index in [1.807, 2.05) is 51.1 Å². The topological polar surface area (TPSA) is 198 Å². The van der Waals surface area contributed by atoms with Crippen molar-refractivity contribution in [3.8, 4) is 34.5 Å². The number of carbonyl (C=O) groups is 2. The summed E-state index contributed by atoms with van der Waals surface area (Å²) >= 11 is 0. The molecule has 1 saturated carbocycles. The minimum absolute atomic E-state index is 0.0248. The lowest BCUT2D eigenvalue weighted by Gasteiger charge is -2.60. The second-order valence-electron chi connectivity index (χ2n) is 19.4. The molecule has 1 amide bonds. The molecule has 0 radical (unpaired) electrons. The van der Waals surface area contributed by atoms with Crippen LogP contribution in [0.3, 0.4) is 0 Å². The Morgan fingerprint density at radius 2 is 1.67 bits per heavy atom. The van der Waals surface area contributed by atoms with Gasteiger partial charge in [0, 0.05) is 55.9 Å². The Hall–Kier alpha value is -7.01. The van der Waals surface area contributed by atoms with Gasteiger partial charge in [-0.25, -0.2) is 0 Å². The van der Waals surface area contributed by atoms with Crippen LogP contribution < -0.4 is 23.7 Å². The van der Waals surface area contributed by atoms with Crippen molar-refractivity contribution >= 4 is 29.7 Å². The van der Waals surface area contributed by atoms with Crippen LogP contribution in [0.4, 0.5) is 5.69 Å². The van der Waals surface area contributed by atoms with Gasteiger partial charge in [-0.05, 0) is 142 Å². The third-order valence-electron chi connectivity index (χ3n) is 13.6. The number of carbonyl (C=O) groups excluding carboxylic acids is 2. The predicted molar refractivity (Wildman–Crippen MR) is 269 cm³/mol. The zero-order chi connectivity index (χ0) is 51.0. The van der Waals surface area contributed by atoms with E-state index in [-0.39, 0.29) is 63.0 Å². The molecule has 2 aliphatic heterocycles. The second kappa shape index (κ2) is 22.6. The van der Waals surface area contributed by atoms with Crippen LogP contribution >= 0.6 is 0 Å². The summed E-state index contributed by atoms with van der Waals surface area (Å²) in [5.74, 6) is -0.0880. The number of ether oxygens (including phenoxy) is 6. The average Bonchev–Trinajstić information content (AvgIpc) is 3.85. The third kappa shape index (κ3) is 11.2. The molecule has 0 unspecified atom stereocenters. The van der Waals surface area contributed by atoms with Crippen molar-refractivity contribution in [1.82, 2.24) is 4.90 Å². The third-order valence-corrected chi connectivity index (χ3v) is 13.6. The number of oxime groups is 1. The van der Waals surface area contributed by atoms with Gasteiger partial charge in [-0.2, -0.15) is 0 Å². The predicted octanol–water partition coefficient (Wildman–Crippen LogP) is 10.1. The van der Waals surface area contributed by atoms with Crippen LogP contribution in [0.15, 0.2) is 114 Å². The Kier molecular flexibility index (Phi) is 16.1. The minimum atomic E-state index is -1.59. The van der Waals surface area contributed by atoms with Gasteiger partial charge in [-0.15, -0.1) is 6.58 Å². The Morgan fingerprint density at radius 1 is 0.944 bits per heavy atom. The van der Waals surface area contributed by atoms with E-state index in [0.717, 1.165) is 36.0 Å². The fraction of sp³-hybridized carbons (Fsp3) is 0.411. The highest BCUT2D eigenvalue weighted by Gasteiger charge is 2.65. The molecule has 16 nitrogen and oxygen atoms in total. The van der Waals surface area contributed by atoms with E-state index in [4.69, 9.17) is 38.4 Å². The molecule has 4 aliphatic rings. The number of amides is 1. The van der Waals surface area contributed by atoms with Crippen LogP contribution in [0.25, 0.3) is 6.08 Å². The molecule has 380 valence electrons. The Balaban J connectivity index is 1.35. The van der Waals surface area contributed by atoms with E-state index in [1.165, 1.54) is 25.3 Å². The van der Waals surface area contributed by atoms with E-state index in [0.29, 0.717) is 76.9 Å².